The van der Waals surface area contributed by atoms with Gasteiger partial charge >= 0.3 is 0 Å². The van der Waals surface area contributed by atoms with Crippen LogP contribution in [0.5, 0.6) is 0 Å². The summed E-state index contributed by atoms with van der Waals surface area (Å²) in [6, 6.07) is 0.00591. The number of aliphatic hydroxyl groups is 1. The van der Waals surface area contributed by atoms with Gasteiger partial charge in [-0.05, 0) is 38.3 Å². The molecule has 2 aliphatic rings. The molecule has 2 atom stereocenters. The van der Waals surface area contributed by atoms with Crippen LogP contribution < -0.4 is 5.32 Å². The zero-order valence-corrected chi connectivity index (χ0v) is 11.8. The predicted octanol–water partition coefficient (Wildman–Crippen LogP) is 0.374. The van der Waals surface area contributed by atoms with Crippen molar-refractivity contribution in [3.63, 3.8) is 0 Å². The third kappa shape index (κ3) is 3.91. The highest BCUT2D eigenvalue weighted by atomic mass is 16.5. The molecule has 0 aromatic carbocycles. The lowest BCUT2D eigenvalue weighted by molar-refractivity contribution is -0.134. The maximum atomic E-state index is 12.1. The van der Waals surface area contributed by atoms with Crippen molar-refractivity contribution < 1.29 is 14.6 Å². The SMILES string of the molecule is CC1CCN(C(=O)CCOC2CCNCC2)C1CO. The Morgan fingerprint density at radius 3 is 2.79 bits per heavy atom. The number of ether oxygens (including phenoxy) is 1. The van der Waals surface area contributed by atoms with Gasteiger partial charge in [0.15, 0.2) is 0 Å². The molecule has 0 aliphatic carbocycles. The minimum atomic E-state index is 0.00591. The zero-order chi connectivity index (χ0) is 13.7. The molecule has 110 valence electrons. The van der Waals surface area contributed by atoms with Gasteiger partial charge in [0.05, 0.1) is 31.8 Å². The molecule has 5 heteroatoms. The second kappa shape index (κ2) is 7.22. The van der Waals surface area contributed by atoms with Crippen molar-refractivity contribution in [2.45, 2.75) is 44.8 Å². The second-order valence-electron chi connectivity index (χ2n) is 5.67. The number of hydrogen-bond donors (Lipinski definition) is 2. The van der Waals surface area contributed by atoms with E-state index in [1.165, 1.54) is 0 Å². The Balaban J connectivity index is 1.69. The van der Waals surface area contributed by atoms with Crippen molar-refractivity contribution in [1.29, 1.82) is 0 Å². The summed E-state index contributed by atoms with van der Waals surface area (Å²) < 4.78 is 5.76. The quantitative estimate of drug-likeness (QED) is 0.758. The molecule has 0 bridgehead atoms. The van der Waals surface area contributed by atoms with E-state index in [-0.39, 0.29) is 18.6 Å². The number of rotatable bonds is 5. The van der Waals surface area contributed by atoms with Crippen molar-refractivity contribution in [1.82, 2.24) is 10.2 Å². The normalized spacial score (nSPS) is 28.8. The van der Waals surface area contributed by atoms with E-state index < -0.39 is 0 Å². The molecule has 2 saturated heterocycles. The average Bonchev–Trinajstić information content (AvgIpc) is 2.81. The smallest absolute Gasteiger partial charge is 0.225 e. The Hall–Kier alpha value is -0.650. The monoisotopic (exact) mass is 270 g/mol. The highest BCUT2D eigenvalue weighted by Gasteiger charge is 2.33. The van der Waals surface area contributed by atoms with Gasteiger partial charge in [-0.3, -0.25) is 4.79 Å². The van der Waals surface area contributed by atoms with Gasteiger partial charge in [-0.1, -0.05) is 6.92 Å². The number of nitrogens with zero attached hydrogens (tertiary/aromatic N) is 1. The number of amides is 1. The fourth-order valence-electron chi connectivity index (χ4n) is 3.01. The molecule has 2 heterocycles. The minimum absolute atomic E-state index is 0.00591. The molecule has 2 fully saturated rings. The third-order valence-corrected chi connectivity index (χ3v) is 4.35. The fourth-order valence-corrected chi connectivity index (χ4v) is 3.01. The molecule has 0 aromatic heterocycles. The van der Waals surface area contributed by atoms with E-state index in [0.29, 0.717) is 25.0 Å². The highest BCUT2D eigenvalue weighted by Crippen LogP contribution is 2.24. The summed E-state index contributed by atoms with van der Waals surface area (Å²) in [6.45, 7) is 5.47. The molecule has 1 amide bonds. The van der Waals surface area contributed by atoms with Gasteiger partial charge in [-0.2, -0.15) is 0 Å². The van der Waals surface area contributed by atoms with Crippen LogP contribution in [0.4, 0.5) is 0 Å². The summed E-state index contributed by atoms with van der Waals surface area (Å²) in [4.78, 5) is 14.0. The van der Waals surface area contributed by atoms with Crippen LogP contribution in [0, 0.1) is 5.92 Å². The van der Waals surface area contributed by atoms with Crippen molar-refractivity contribution in [3.8, 4) is 0 Å². The Morgan fingerprint density at radius 2 is 2.11 bits per heavy atom. The lowest BCUT2D eigenvalue weighted by Crippen LogP contribution is -2.40. The number of aliphatic hydroxyl groups excluding tert-OH is 1. The van der Waals surface area contributed by atoms with E-state index in [1.54, 1.807) is 0 Å². The predicted molar refractivity (Wildman–Crippen MR) is 72.8 cm³/mol. The van der Waals surface area contributed by atoms with E-state index in [0.717, 1.165) is 38.9 Å². The Labute approximate surface area is 115 Å². The maximum absolute atomic E-state index is 12.1. The van der Waals surface area contributed by atoms with Crippen LogP contribution in [0.2, 0.25) is 0 Å². The third-order valence-electron chi connectivity index (χ3n) is 4.35. The Kier molecular flexibility index (Phi) is 5.60. The molecule has 2 aliphatic heterocycles. The summed E-state index contributed by atoms with van der Waals surface area (Å²) in [5.41, 5.74) is 0. The van der Waals surface area contributed by atoms with Gasteiger partial charge < -0.3 is 20.1 Å². The van der Waals surface area contributed by atoms with E-state index >= 15 is 0 Å². The van der Waals surface area contributed by atoms with Gasteiger partial charge in [-0.15, -0.1) is 0 Å². The van der Waals surface area contributed by atoms with Gasteiger partial charge in [-0.25, -0.2) is 0 Å². The first kappa shape index (κ1) is 14.8. The summed E-state index contributed by atoms with van der Waals surface area (Å²) in [5, 5.41) is 12.6. The first-order valence-electron chi connectivity index (χ1n) is 7.45. The van der Waals surface area contributed by atoms with Crippen LogP contribution in [-0.2, 0) is 9.53 Å². The number of hydrogen-bond acceptors (Lipinski definition) is 4. The van der Waals surface area contributed by atoms with E-state index in [4.69, 9.17) is 4.74 Å². The topological polar surface area (TPSA) is 61.8 Å². The van der Waals surface area contributed by atoms with E-state index in [9.17, 15) is 9.90 Å². The second-order valence-corrected chi connectivity index (χ2v) is 5.67. The van der Waals surface area contributed by atoms with Crippen molar-refractivity contribution >= 4 is 5.91 Å². The summed E-state index contributed by atoms with van der Waals surface area (Å²) >= 11 is 0. The zero-order valence-electron chi connectivity index (χ0n) is 11.8. The van der Waals surface area contributed by atoms with E-state index in [2.05, 4.69) is 12.2 Å². The van der Waals surface area contributed by atoms with Crippen LogP contribution in [0.15, 0.2) is 0 Å². The number of carbonyl (C=O) groups excluding carboxylic acids is 1. The van der Waals surface area contributed by atoms with Crippen LogP contribution in [0.25, 0.3) is 0 Å². The standard InChI is InChI=1S/C14H26N2O3/c1-11-4-8-16(13(11)10-17)14(18)5-9-19-12-2-6-15-7-3-12/h11-13,15,17H,2-10H2,1H3. The van der Waals surface area contributed by atoms with Crippen LogP contribution in [0.1, 0.15) is 32.6 Å². The largest absolute Gasteiger partial charge is 0.394 e. The Bertz CT molecular complexity index is 292. The first-order chi connectivity index (χ1) is 9.22. The molecule has 19 heavy (non-hydrogen) atoms. The number of carbonyl (C=O) groups is 1. The number of piperidine rings is 1. The molecular formula is C14H26N2O3. The number of nitrogens with one attached hydrogen (secondary N) is 1. The summed E-state index contributed by atoms with van der Waals surface area (Å²) in [6.07, 6.45) is 3.81. The Morgan fingerprint density at radius 1 is 1.37 bits per heavy atom. The van der Waals surface area contributed by atoms with Crippen LogP contribution in [0.3, 0.4) is 0 Å². The number of likely N-dealkylation sites (tertiary alicyclic amines) is 1. The average molecular weight is 270 g/mol. The first-order valence-corrected chi connectivity index (χ1v) is 7.45. The van der Waals surface area contributed by atoms with Gasteiger partial charge in [0, 0.05) is 6.54 Å². The lowest BCUT2D eigenvalue weighted by atomic mass is 10.0. The highest BCUT2D eigenvalue weighted by molar-refractivity contribution is 5.77. The summed E-state index contributed by atoms with van der Waals surface area (Å²) in [7, 11) is 0. The minimum Gasteiger partial charge on any atom is -0.394 e. The van der Waals surface area contributed by atoms with Gasteiger partial charge in [0.1, 0.15) is 0 Å². The van der Waals surface area contributed by atoms with Crippen LogP contribution >= 0.6 is 0 Å². The van der Waals surface area contributed by atoms with Crippen molar-refractivity contribution in [3.05, 3.63) is 0 Å². The van der Waals surface area contributed by atoms with Gasteiger partial charge in [0.25, 0.3) is 0 Å². The molecule has 2 unspecified atom stereocenters. The molecule has 0 spiro atoms. The molecule has 2 rings (SSSR count). The van der Waals surface area contributed by atoms with Crippen LogP contribution in [-0.4, -0.2) is 60.9 Å². The molecule has 0 aromatic rings. The molecule has 5 nitrogen and oxygen atoms in total. The van der Waals surface area contributed by atoms with Crippen molar-refractivity contribution in [2.24, 2.45) is 5.92 Å². The molecule has 0 saturated carbocycles. The lowest BCUT2D eigenvalue weighted by Gasteiger charge is -2.26. The van der Waals surface area contributed by atoms with Gasteiger partial charge in [0.2, 0.25) is 5.91 Å². The fraction of sp³-hybridized carbons (Fsp3) is 0.929. The van der Waals surface area contributed by atoms with E-state index in [1.807, 2.05) is 4.90 Å². The maximum Gasteiger partial charge on any atom is 0.225 e. The van der Waals surface area contributed by atoms with Crippen molar-refractivity contribution in [2.75, 3.05) is 32.8 Å². The molecule has 0 radical (unpaired) electrons. The molecule has 2 N–H and O–H groups in total. The molecular weight excluding hydrogens is 244 g/mol. The summed E-state index contributed by atoms with van der Waals surface area (Å²) in [5.74, 6) is 0.525.